The number of nitrogens with zero attached hydrogens (tertiary/aromatic N) is 6. The molecule has 9 heteroatoms. The minimum Gasteiger partial charge on any atom is -0.337 e. The highest BCUT2D eigenvalue weighted by Gasteiger charge is 2.22. The number of piperidine rings is 1. The smallest absolute Gasteiger partial charge is 0.273 e. The second-order valence-electron chi connectivity index (χ2n) is 8.81. The molecule has 0 aliphatic carbocycles. The molecule has 0 N–H and O–H groups in total. The van der Waals surface area contributed by atoms with E-state index in [2.05, 4.69) is 4.98 Å². The molecule has 5 heterocycles. The average Bonchev–Trinajstić information content (AvgIpc) is 3.55. The Hall–Kier alpha value is -4.11. The summed E-state index contributed by atoms with van der Waals surface area (Å²) in [5.41, 5.74) is 4.38. The van der Waals surface area contributed by atoms with E-state index in [0.29, 0.717) is 16.4 Å². The number of pyridine rings is 1. The second-order valence-corrected chi connectivity index (χ2v) is 9.76. The molecule has 4 aromatic heterocycles. The highest BCUT2D eigenvalue weighted by Crippen LogP contribution is 2.33. The van der Waals surface area contributed by atoms with Crippen LogP contribution in [0.5, 0.6) is 0 Å². The maximum atomic E-state index is 12.8. The summed E-state index contributed by atoms with van der Waals surface area (Å²) < 4.78 is 3.23. The zero-order valence-corrected chi connectivity index (χ0v) is 20.4. The summed E-state index contributed by atoms with van der Waals surface area (Å²) in [4.78, 5) is 32.0. The Labute approximate surface area is 211 Å². The maximum Gasteiger partial charge on any atom is 0.273 e. The molecule has 0 atom stereocenters. The van der Waals surface area contributed by atoms with Crippen molar-refractivity contribution in [2.75, 3.05) is 13.1 Å². The van der Waals surface area contributed by atoms with E-state index in [1.165, 1.54) is 22.1 Å². The van der Waals surface area contributed by atoms with Crippen molar-refractivity contribution in [2.24, 2.45) is 0 Å². The van der Waals surface area contributed by atoms with Crippen LogP contribution < -0.4 is 5.56 Å². The zero-order valence-electron chi connectivity index (χ0n) is 19.6. The Balaban J connectivity index is 1.35. The van der Waals surface area contributed by atoms with Gasteiger partial charge in [-0.05, 0) is 37.5 Å². The molecule has 1 aliphatic heterocycles. The lowest BCUT2D eigenvalue weighted by Crippen LogP contribution is -2.35. The number of benzene rings is 1. The van der Waals surface area contributed by atoms with Crippen LogP contribution in [0.25, 0.3) is 28.0 Å². The Kier molecular flexibility index (Phi) is 5.90. The fraction of sp³-hybridized carbons (Fsp3) is 0.222. The molecule has 0 saturated carbocycles. The van der Waals surface area contributed by atoms with Gasteiger partial charge < -0.3 is 4.90 Å². The van der Waals surface area contributed by atoms with Gasteiger partial charge >= 0.3 is 0 Å². The van der Waals surface area contributed by atoms with Gasteiger partial charge in [0.05, 0.1) is 23.3 Å². The summed E-state index contributed by atoms with van der Waals surface area (Å²) >= 11 is 1.38. The molecule has 1 saturated heterocycles. The van der Waals surface area contributed by atoms with Crippen LogP contribution in [0.1, 0.15) is 34.8 Å². The molecular weight excluding hydrogens is 472 g/mol. The lowest BCUT2D eigenvalue weighted by Gasteiger charge is -2.25. The van der Waals surface area contributed by atoms with Crippen molar-refractivity contribution >= 4 is 22.8 Å². The topological polar surface area (TPSA) is 85.4 Å². The molecule has 36 heavy (non-hydrogen) atoms. The molecule has 1 fully saturated rings. The molecule has 0 radical (unpaired) electrons. The van der Waals surface area contributed by atoms with E-state index in [0.717, 1.165) is 54.7 Å². The van der Waals surface area contributed by atoms with E-state index in [1.54, 1.807) is 11.4 Å². The molecule has 0 unspecified atom stereocenters. The number of hydrogen-bond acceptors (Lipinski definition) is 6. The molecular formula is C27H24N6O2S. The first-order chi connectivity index (χ1) is 17.7. The number of aromatic nitrogens is 5. The molecule has 8 nitrogen and oxygen atoms in total. The number of fused-ring (bicyclic) bond motifs is 1. The third-order valence-corrected chi connectivity index (χ3v) is 7.24. The lowest BCUT2D eigenvalue weighted by atomic mass is 10.0. The first kappa shape index (κ1) is 22.4. The van der Waals surface area contributed by atoms with Crippen molar-refractivity contribution in [3.05, 3.63) is 93.3 Å². The van der Waals surface area contributed by atoms with E-state index < -0.39 is 0 Å². The van der Waals surface area contributed by atoms with Crippen LogP contribution >= 0.6 is 11.3 Å². The number of carbonyl (C=O) groups is 1. The fourth-order valence-electron chi connectivity index (χ4n) is 4.61. The van der Waals surface area contributed by atoms with Crippen molar-refractivity contribution in [3.63, 3.8) is 0 Å². The van der Waals surface area contributed by atoms with Gasteiger partial charge in [-0.2, -0.15) is 10.2 Å². The molecule has 0 spiro atoms. The van der Waals surface area contributed by atoms with Gasteiger partial charge in [-0.15, -0.1) is 11.3 Å². The number of hydrogen-bond donors (Lipinski definition) is 0. The molecule has 1 aliphatic rings. The first-order valence-corrected chi connectivity index (χ1v) is 12.9. The zero-order chi connectivity index (χ0) is 24.5. The van der Waals surface area contributed by atoms with E-state index in [1.807, 2.05) is 64.1 Å². The van der Waals surface area contributed by atoms with Gasteiger partial charge in [-0.1, -0.05) is 36.4 Å². The highest BCUT2D eigenvalue weighted by atomic mass is 32.1. The lowest BCUT2D eigenvalue weighted by molar-refractivity contribution is 0.0719. The SMILES string of the molecule is O=C(c1csc(Cn2nc(-c3c(-c4ccccc4)nn4ccccc34)ccc2=O)n1)N1CCCCC1. The van der Waals surface area contributed by atoms with Crippen molar-refractivity contribution in [2.45, 2.75) is 25.8 Å². The molecule has 180 valence electrons. The number of rotatable bonds is 5. The Morgan fingerprint density at radius 3 is 2.56 bits per heavy atom. The van der Waals surface area contributed by atoms with Crippen LogP contribution in [-0.2, 0) is 6.54 Å². The summed E-state index contributed by atoms with van der Waals surface area (Å²) in [6.45, 7) is 1.75. The van der Waals surface area contributed by atoms with Crippen LogP contribution in [0.15, 0.2) is 77.0 Å². The Morgan fingerprint density at radius 2 is 1.72 bits per heavy atom. The van der Waals surface area contributed by atoms with Crippen LogP contribution in [0.3, 0.4) is 0 Å². The number of thiazole rings is 1. The van der Waals surface area contributed by atoms with Crippen LogP contribution in [0.4, 0.5) is 0 Å². The molecule has 6 rings (SSSR count). The number of likely N-dealkylation sites (tertiary alicyclic amines) is 1. The first-order valence-electron chi connectivity index (χ1n) is 12.0. The minimum absolute atomic E-state index is 0.0369. The van der Waals surface area contributed by atoms with E-state index in [-0.39, 0.29) is 18.0 Å². The van der Waals surface area contributed by atoms with E-state index in [9.17, 15) is 9.59 Å². The average molecular weight is 497 g/mol. The molecule has 5 aromatic rings. The van der Waals surface area contributed by atoms with E-state index in [4.69, 9.17) is 10.2 Å². The number of carbonyl (C=O) groups excluding carboxylic acids is 1. The minimum atomic E-state index is -0.226. The van der Waals surface area contributed by atoms with Crippen LogP contribution in [-0.4, -0.2) is 48.3 Å². The van der Waals surface area contributed by atoms with Gasteiger partial charge in [-0.25, -0.2) is 14.2 Å². The van der Waals surface area contributed by atoms with Crippen molar-refractivity contribution in [1.29, 1.82) is 0 Å². The van der Waals surface area contributed by atoms with Crippen molar-refractivity contribution in [1.82, 2.24) is 29.3 Å². The molecule has 1 aromatic carbocycles. The Bertz CT molecular complexity index is 1600. The second kappa shape index (κ2) is 9.50. The third-order valence-electron chi connectivity index (χ3n) is 6.41. The van der Waals surface area contributed by atoms with Crippen LogP contribution in [0.2, 0.25) is 0 Å². The van der Waals surface area contributed by atoms with Gasteiger partial charge in [0.25, 0.3) is 11.5 Å². The van der Waals surface area contributed by atoms with E-state index >= 15 is 0 Å². The van der Waals surface area contributed by atoms with Crippen LogP contribution in [0, 0.1) is 0 Å². The summed E-state index contributed by atoms with van der Waals surface area (Å²) in [5.74, 6) is -0.0369. The predicted octanol–water partition coefficient (Wildman–Crippen LogP) is 4.36. The monoisotopic (exact) mass is 496 g/mol. The largest absolute Gasteiger partial charge is 0.337 e. The number of amides is 1. The summed E-state index contributed by atoms with van der Waals surface area (Å²) in [5, 5.41) is 12.0. The summed E-state index contributed by atoms with van der Waals surface area (Å²) in [7, 11) is 0. The summed E-state index contributed by atoms with van der Waals surface area (Å²) in [6, 6.07) is 19.1. The van der Waals surface area contributed by atoms with Gasteiger partial charge in [0.15, 0.2) is 0 Å². The standard InChI is InChI=1S/C27H24N6O2S/c34-24-13-12-20(25-22-11-5-8-16-32(22)30-26(25)19-9-3-1-4-10-19)29-33(24)17-23-28-21(18-36-23)27(35)31-14-6-2-7-15-31/h1,3-5,8-13,16,18H,2,6-7,14-15,17H2. The quantitative estimate of drug-likeness (QED) is 0.361. The van der Waals surface area contributed by atoms with Gasteiger partial charge in [0.1, 0.15) is 16.4 Å². The summed E-state index contributed by atoms with van der Waals surface area (Å²) in [6.07, 6.45) is 5.13. The molecule has 0 bridgehead atoms. The Morgan fingerprint density at radius 1 is 0.917 bits per heavy atom. The van der Waals surface area contributed by atoms with Gasteiger partial charge in [0.2, 0.25) is 0 Å². The highest BCUT2D eigenvalue weighted by molar-refractivity contribution is 7.09. The van der Waals surface area contributed by atoms with Gasteiger partial charge in [-0.3, -0.25) is 9.59 Å². The third kappa shape index (κ3) is 4.22. The maximum absolute atomic E-state index is 12.8. The normalized spacial score (nSPS) is 13.8. The fourth-order valence-corrected chi connectivity index (χ4v) is 5.36. The predicted molar refractivity (Wildman–Crippen MR) is 139 cm³/mol. The van der Waals surface area contributed by atoms with Crippen molar-refractivity contribution < 1.29 is 4.79 Å². The van der Waals surface area contributed by atoms with Crippen molar-refractivity contribution in [3.8, 4) is 22.5 Å². The molecule has 1 amide bonds. The van der Waals surface area contributed by atoms with Gasteiger partial charge in [0, 0.05) is 36.3 Å².